The molecule has 1 fully saturated rings. The number of aliphatic imine (C=N–C) groups is 1. The molecule has 1 aromatic carbocycles. The summed E-state index contributed by atoms with van der Waals surface area (Å²) in [6.07, 6.45) is 0.794. The number of halogens is 3. The third kappa shape index (κ3) is 6.60. The van der Waals surface area contributed by atoms with Gasteiger partial charge in [-0.2, -0.15) is 11.8 Å². The van der Waals surface area contributed by atoms with Gasteiger partial charge in [-0.25, -0.2) is 0 Å². The molecule has 1 heterocycles. The molecule has 2 rings (SSSR count). The average Bonchev–Trinajstić information content (AvgIpc) is 2.49. The summed E-state index contributed by atoms with van der Waals surface area (Å²) in [6.45, 7) is 3.17. The van der Waals surface area contributed by atoms with Gasteiger partial charge in [0, 0.05) is 42.6 Å². The Morgan fingerprint density at radius 3 is 2.73 bits per heavy atom. The summed E-state index contributed by atoms with van der Waals surface area (Å²) in [7, 11) is 0. The van der Waals surface area contributed by atoms with Gasteiger partial charge in [-0.1, -0.05) is 23.2 Å². The Labute approximate surface area is 162 Å². The molecule has 1 aliphatic heterocycles. The monoisotopic (exact) mass is 475 g/mol. The van der Waals surface area contributed by atoms with Gasteiger partial charge in [0.05, 0.1) is 11.6 Å². The molecule has 1 aliphatic rings. The van der Waals surface area contributed by atoms with E-state index in [9.17, 15) is 0 Å². The number of benzene rings is 1. The number of ether oxygens (including phenoxy) is 1. The van der Waals surface area contributed by atoms with Crippen molar-refractivity contribution in [3.63, 3.8) is 0 Å². The maximum absolute atomic E-state index is 6.03. The lowest BCUT2D eigenvalue weighted by Crippen LogP contribution is -2.42. The lowest BCUT2D eigenvalue weighted by Gasteiger charge is -2.27. The van der Waals surface area contributed by atoms with Crippen LogP contribution in [-0.2, 0) is 0 Å². The summed E-state index contributed by atoms with van der Waals surface area (Å²) < 4.78 is 5.60. The zero-order valence-corrected chi connectivity index (χ0v) is 16.8. The molecule has 0 saturated carbocycles. The van der Waals surface area contributed by atoms with Crippen LogP contribution >= 0.6 is 58.9 Å². The predicted octanol–water partition coefficient (Wildman–Crippen LogP) is 3.74. The van der Waals surface area contributed by atoms with Crippen molar-refractivity contribution in [1.29, 1.82) is 0 Å². The van der Waals surface area contributed by atoms with Crippen LogP contribution in [0.15, 0.2) is 23.2 Å². The highest BCUT2D eigenvalue weighted by molar-refractivity contribution is 14.0. The van der Waals surface area contributed by atoms with Crippen molar-refractivity contribution in [2.75, 3.05) is 37.7 Å². The molecule has 0 radical (unpaired) electrons. The maximum Gasteiger partial charge on any atom is 0.191 e. The molecular formula is C14H20Cl2IN3OS. The molecule has 0 unspecified atom stereocenters. The fourth-order valence-electron chi connectivity index (χ4n) is 1.92. The van der Waals surface area contributed by atoms with Crippen molar-refractivity contribution in [1.82, 2.24) is 4.90 Å². The zero-order chi connectivity index (χ0) is 15.1. The van der Waals surface area contributed by atoms with Crippen LogP contribution in [0.4, 0.5) is 0 Å². The van der Waals surface area contributed by atoms with Crippen LogP contribution in [0.5, 0.6) is 5.75 Å². The summed E-state index contributed by atoms with van der Waals surface area (Å²) in [5.74, 6) is 3.52. The fourth-order valence-corrected chi connectivity index (χ4v) is 3.29. The highest BCUT2D eigenvalue weighted by atomic mass is 127. The van der Waals surface area contributed by atoms with E-state index in [4.69, 9.17) is 33.7 Å². The van der Waals surface area contributed by atoms with Gasteiger partial charge in [0.15, 0.2) is 5.96 Å². The number of nitrogens with two attached hydrogens (primary N) is 1. The molecule has 4 nitrogen and oxygen atoms in total. The van der Waals surface area contributed by atoms with Crippen LogP contribution in [0.1, 0.15) is 6.42 Å². The lowest BCUT2D eigenvalue weighted by atomic mass is 10.3. The van der Waals surface area contributed by atoms with Crippen molar-refractivity contribution < 1.29 is 4.74 Å². The Balaban J connectivity index is 0.00000242. The summed E-state index contributed by atoms with van der Waals surface area (Å²) in [5, 5.41) is 1.13. The molecule has 0 amide bonds. The molecule has 0 spiro atoms. The molecule has 1 aromatic rings. The predicted molar refractivity (Wildman–Crippen MR) is 107 cm³/mol. The SMILES string of the molecule is I.NC(=NCCCOc1ccc(Cl)cc1Cl)N1CCSCC1. The first kappa shape index (κ1) is 20.0. The summed E-state index contributed by atoms with van der Waals surface area (Å²) in [4.78, 5) is 6.52. The van der Waals surface area contributed by atoms with Gasteiger partial charge in [0.25, 0.3) is 0 Å². The number of hydrogen-bond acceptors (Lipinski definition) is 3. The van der Waals surface area contributed by atoms with Crippen molar-refractivity contribution in [2.24, 2.45) is 10.7 Å². The van der Waals surface area contributed by atoms with E-state index in [1.54, 1.807) is 18.2 Å². The molecule has 0 bridgehead atoms. The second-order valence-electron chi connectivity index (χ2n) is 4.62. The van der Waals surface area contributed by atoms with Crippen molar-refractivity contribution in [2.45, 2.75) is 6.42 Å². The van der Waals surface area contributed by atoms with Crippen LogP contribution in [-0.4, -0.2) is 48.6 Å². The Kier molecular flexibility index (Phi) is 9.70. The number of hydrogen-bond donors (Lipinski definition) is 1. The normalized spacial score (nSPS) is 15.4. The second kappa shape index (κ2) is 10.7. The number of guanidine groups is 1. The van der Waals surface area contributed by atoms with Gasteiger partial charge in [-0.3, -0.25) is 4.99 Å². The third-order valence-electron chi connectivity index (χ3n) is 3.06. The van der Waals surface area contributed by atoms with E-state index in [-0.39, 0.29) is 24.0 Å². The van der Waals surface area contributed by atoms with Gasteiger partial charge in [0.2, 0.25) is 0 Å². The van der Waals surface area contributed by atoms with E-state index in [0.29, 0.717) is 34.9 Å². The average molecular weight is 476 g/mol. The van der Waals surface area contributed by atoms with Gasteiger partial charge < -0.3 is 15.4 Å². The van der Waals surface area contributed by atoms with Crippen LogP contribution in [0, 0.1) is 0 Å². The van der Waals surface area contributed by atoms with Crippen LogP contribution < -0.4 is 10.5 Å². The largest absolute Gasteiger partial charge is 0.492 e. The highest BCUT2D eigenvalue weighted by Crippen LogP contribution is 2.27. The van der Waals surface area contributed by atoms with Crippen molar-refractivity contribution in [3.8, 4) is 5.75 Å². The van der Waals surface area contributed by atoms with Crippen LogP contribution in [0.3, 0.4) is 0 Å². The molecule has 1 saturated heterocycles. The van der Waals surface area contributed by atoms with E-state index >= 15 is 0 Å². The summed E-state index contributed by atoms with van der Waals surface area (Å²) >= 11 is 13.8. The smallest absolute Gasteiger partial charge is 0.191 e. The first-order valence-electron chi connectivity index (χ1n) is 6.87. The van der Waals surface area contributed by atoms with E-state index < -0.39 is 0 Å². The quantitative estimate of drug-likeness (QED) is 0.305. The minimum Gasteiger partial charge on any atom is -0.492 e. The van der Waals surface area contributed by atoms with Crippen LogP contribution in [0.2, 0.25) is 10.0 Å². The third-order valence-corrected chi connectivity index (χ3v) is 4.54. The van der Waals surface area contributed by atoms with E-state index in [1.807, 2.05) is 11.8 Å². The number of thioether (sulfide) groups is 1. The van der Waals surface area contributed by atoms with Gasteiger partial charge in [0.1, 0.15) is 5.75 Å². The Bertz CT molecular complexity index is 499. The molecule has 22 heavy (non-hydrogen) atoms. The van der Waals surface area contributed by atoms with Crippen molar-refractivity contribution >= 4 is 64.9 Å². The summed E-state index contributed by atoms with van der Waals surface area (Å²) in [6, 6.07) is 5.20. The van der Waals surface area contributed by atoms with E-state index in [1.165, 1.54) is 0 Å². The molecule has 0 atom stereocenters. The topological polar surface area (TPSA) is 50.9 Å². The van der Waals surface area contributed by atoms with Gasteiger partial charge in [-0.15, -0.1) is 24.0 Å². The van der Waals surface area contributed by atoms with Crippen LogP contribution in [0.25, 0.3) is 0 Å². The Hall–Kier alpha value is -0.0500. The molecular weight excluding hydrogens is 456 g/mol. The lowest BCUT2D eigenvalue weighted by molar-refractivity contribution is 0.313. The maximum atomic E-state index is 6.03. The van der Waals surface area contributed by atoms with Gasteiger partial charge >= 0.3 is 0 Å². The van der Waals surface area contributed by atoms with Gasteiger partial charge in [-0.05, 0) is 18.2 Å². The second-order valence-corrected chi connectivity index (χ2v) is 6.68. The molecule has 0 aromatic heterocycles. The summed E-state index contributed by atoms with van der Waals surface area (Å²) in [5.41, 5.74) is 5.97. The standard InChI is InChI=1S/C14H19Cl2N3OS.HI/c15-11-2-3-13(12(16)10-11)20-7-1-4-18-14(17)19-5-8-21-9-6-19;/h2-3,10H,1,4-9H2,(H2,17,18);1H. The number of rotatable bonds is 5. The Morgan fingerprint density at radius 1 is 1.32 bits per heavy atom. The first-order valence-corrected chi connectivity index (χ1v) is 8.78. The molecule has 2 N–H and O–H groups in total. The molecule has 0 aliphatic carbocycles. The minimum atomic E-state index is 0. The first-order chi connectivity index (χ1) is 10.2. The molecule has 8 heteroatoms. The fraction of sp³-hybridized carbons (Fsp3) is 0.500. The zero-order valence-electron chi connectivity index (χ0n) is 12.1. The minimum absolute atomic E-state index is 0. The van der Waals surface area contributed by atoms with E-state index in [0.717, 1.165) is 31.0 Å². The Morgan fingerprint density at radius 2 is 2.05 bits per heavy atom. The molecule has 124 valence electrons. The number of nitrogens with zero attached hydrogens (tertiary/aromatic N) is 2. The van der Waals surface area contributed by atoms with Crippen molar-refractivity contribution in [3.05, 3.63) is 28.2 Å². The highest BCUT2D eigenvalue weighted by Gasteiger charge is 2.11. The van der Waals surface area contributed by atoms with E-state index in [2.05, 4.69) is 9.89 Å².